The highest BCUT2D eigenvalue weighted by atomic mass is 16.5. The van der Waals surface area contributed by atoms with E-state index in [0.29, 0.717) is 25.0 Å². The predicted molar refractivity (Wildman–Crippen MR) is 70.3 cm³/mol. The molecule has 0 saturated carbocycles. The molecule has 0 amide bonds. The summed E-state index contributed by atoms with van der Waals surface area (Å²) in [6, 6.07) is 0.451. The Labute approximate surface area is 109 Å². The van der Waals surface area contributed by atoms with E-state index in [9.17, 15) is 0 Å². The zero-order valence-corrected chi connectivity index (χ0v) is 11.9. The molecule has 5 nitrogen and oxygen atoms in total. The molecule has 0 aliphatic rings. The summed E-state index contributed by atoms with van der Waals surface area (Å²) in [5.41, 5.74) is 0. The molecule has 0 aliphatic carbocycles. The van der Waals surface area contributed by atoms with Gasteiger partial charge in [-0.1, -0.05) is 32.9 Å². The maximum atomic E-state index is 9.14. The van der Waals surface area contributed by atoms with Gasteiger partial charge in [0, 0.05) is 18.5 Å². The number of aromatic nitrogens is 2. The number of rotatable bonds is 8. The van der Waals surface area contributed by atoms with Crippen molar-refractivity contribution in [3.8, 4) is 0 Å². The van der Waals surface area contributed by atoms with Crippen molar-refractivity contribution in [1.29, 1.82) is 0 Å². The number of hydrogen-bond acceptors (Lipinski definition) is 5. The van der Waals surface area contributed by atoms with Gasteiger partial charge in [-0.25, -0.2) is 0 Å². The van der Waals surface area contributed by atoms with Crippen LogP contribution in [0.15, 0.2) is 4.52 Å². The molecule has 18 heavy (non-hydrogen) atoms. The van der Waals surface area contributed by atoms with Crippen LogP contribution in [0.25, 0.3) is 0 Å². The van der Waals surface area contributed by atoms with E-state index in [1.54, 1.807) is 0 Å². The molecule has 0 atom stereocenters. The van der Waals surface area contributed by atoms with E-state index in [-0.39, 0.29) is 12.5 Å². The molecule has 104 valence electrons. The van der Waals surface area contributed by atoms with Gasteiger partial charge in [0.25, 0.3) is 0 Å². The molecule has 0 aliphatic heterocycles. The van der Waals surface area contributed by atoms with Crippen LogP contribution in [-0.2, 0) is 6.54 Å². The predicted octanol–water partition coefficient (Wildman–Crippen LogP) is 2.18. The summed E-state index contributed by atoms with van der Waals surface area (Å²) in [4.78, 5) is 6.59. The normalized spacial score (nSPS) is 12.0. The first kappa shape index (κ1) is 15.1. The monoisotopic (exact) mass is 255 g/mol. The van der Waals surface area contributed by atoms with Crippen LogP contribution in [0, 0.1) is 0 Å². The molecular weight excluding hydrogens is 230 g/mol. The van der Waals surface area contributed by atoms with Crippen molar-refractivity contribution in [2.75, 3.05) is 13.2 Å². The quantitative estimate of drug-likeness (QED) is 0.771. The Morgan fingerprint density at radius 1 is 1.28 bits per heavy atom. The average Bonchev–Trinajstić information content (AvgIpc) is 2.79. The van der Waals surface area contributed by atoms with Crippen molar-refractivity contribution in [2.24, 2.45) is 0 Å². The zero-order chi connectivity index (χ0) is 13.5. The first-order valence-corrected chi connectivity index (χ1v) is 6.79. The van der Waals surface area contributed by atoms with E-state index in [1.807, 2.05) is 13.8 Å². The van der Waals surface area contributed by atoms with Crippen molar-refractivity contribution >= 4 is 0 Å². The maximum Gasteiger partial charge on any atom is 0.240 e. The second kappa shape index (κ2) is 7.48. The second-order valence-electron chi connectivity index (χ2n) is 4.87. The van der Waals surface area contributed by atoms with Crippen LogP contribution in [0.5, 0.6) is 0 Å². The average molecular weight is 255 g/mol. The standard InChI is InChI=1S/C13H25N3O2/c1-5-11(6-2)16(7-8-17)9-12-14-13(10(3)4)15-18-12/h10-11,17H,5-9H2,1-4H3. The van der Waals surface area contributed by atoms with Crippen LogP contribution < -0.4 is 0 Å². The second-order valence-corrected chi connectivity index (χ2v) is 4.87. The molecular formula is C13H25N3O2. The summed E-state index contributed by atoms with van der Waals surface area (Å²) in [6.45, 7) is 9.82. The van der Waals surface area contributed by atoms with Crippen LogP contribution in [-0.4, -0.2) is 39.3 Å². The van der Waals surface area contributed by atoms with Crippen molar-refractivity contribution in [2.45, 2.75) is 59.0 Å². The van der Waals surface area contributed by atoms with Gasteiger partial charge in [0.15, 0.2) is 5.82 Å². The lowest BCUT2D eigenvalue weighted by molar-refractivity contribution is 0.122. The molecule has 0 saturated heterocycles. The maximum absolute atomic E-state index is 9.14. The summed E-state index contributed by atoms with van der Waals surface area (Å²) >= 11 is 0. The first-order valence-electron chi connectivity index (χ1n) is 6.79. The van der Waals surface area contributed by atoms with E-state index < -0.39 is 0 Å². The minimum Gasteiger partial charge on any atom is -0.395 e. The van der Waals surface area contributed by atoms with Crippen LogP contribution in [0.2, 0.25) is 0 Å². The molecule has 1 N–H and O–H groups in total. The highest BCUT2D eigenvalue weighted by Crippen LogP contribution is 2.14. The van der Waals surface area contributed by atoms with Crippen molar-refractivity contribution < 1.29 is 9.63 Å². The Kier molecular flexibility index (Phi) is 6.29. The summed E-state index contributed by atoms with van der Waals surface area (Å²) in [5.74, 6) is 1.67. The van der Waals surface area contributed by atoms with Crippen molar-refractivity contribution in [3.63, 3.8) is 0 Å². The van der Waals surface area contributed by atoms with Crippen molar-refractivity contribution in [1.82, 2.24) is 15.0 Å². The highest BCUT2D eigenvalue weighted by molar-refractivity contribution is 4.92. The van der Waals surface area contributed by atoms with Gasteiger partial charge in [-0.05, 0) is 12.8 Å². The number of hydrogen-bond donors (Lipinski definition) is 1. The van der Waals surface area contributed by atoms with Gasteiger partial charge >= 0.3 is 0 Å². The van der Waals surface area contributed by atoms with E-state index in [2.05, 4.69) is 28.9 Å². The Morgan fingerprint density at radius 3 is 2.39 bits per heavy atom. The lowest BCUT2D eigenvalue weighted by Crippen LogP contribution is -2.36. The van der Waals surface area contributed by atoms with Gasteiger partial charge in [-0.2, -0.15) is 4.98 Å². The molecule has 0 aromatic carbocycles. The third-order valence-electron chi connectivity index (χ3n) is 3.18. The Morgan fingerprint density at radius 2 is 1.94 bits per heavy atom. The fraction of sp³-hybridized carbons (Fsp3) is 0.846. The first-order chi connectivity index (χ1) is 8.62. The lowest BCUT2D eigenvalue weighted by Gasteiger charge is -2.28. The number of aliphatic hydroxyl groups is 1. The Balaban J connectivity index is 2.69. The fourth-order valence-electron chi connectivity index (χ4n) is 2.06. The van der Waals surface area contributed by atoms with Crippen LogP contribution >= 0.6 is 0 Å². The third-order valence-corrected chi connectivity index (χ3v) is 3.18. The topological polar surface area (TPSA) is 62.4 Å². The van der Waals surface area contributed by atoms with Gasteiger partial charge < -0.3 is 9.63 Å². The van der Waals surface area contributed by atoms with Gasteiger partial charge in [-0.15, -0.1) is 0 Å². The van der Waals surface area contributed by atoms with E-state index >= 15 is 0 Å². The highest BCUT2D eigenvalue weighted by Gasteiger charge is 2.18. The Hall–Kier alpha value is -0.940. The smallest absolute Gasteiger partial charge is 0.240 e. The summed E-state index contributed by atoms with van der Waals surface area (Å²) < 4.78 is 5.26. The van der Waals surface area contributed by atoms with E-state index in [1.165, 1.54) is 0 Å². The van der Waals surface area contributed by atoms with Gasteiger partial charge in [-0.3, -0.25) is 4.90 Å². The number of aliphatic hydroxyl groups excluding tert-OH is 1. The molecule has 1 rings (SSSR count). The molecule has 0 radical (unpaired) electrons. The Bertz CT molecular complexity index is 335. The number of nitrogens with zero attached hydrogens (tertiary/aromatic N) is 3. The molecule has 5 heteroatoms. The summed E-state index contributed by atoms with van der Waals surface area (Å²) in [6.07, 6.45) is 2.11. The third kappa shape index (κ3) is 4.07. The van der Waals surface area contributed by atoms with Gasteiger partial charge in [0.05, 0.1) is 13.2 Å². The summed E-state index contributed by atoms with van der Waals surface area (Å²) in [5, 5.41) is 13.1. The van der Waals surface area contributed by atoms with Gasteiger partial charge in [0.2, 0.25) is 5.89 Å². The van der Waals surface area contributed by atoms with Crippen LogP contribution in [0.1, 0.15) is 58.2 Å². The van der Waals surface area contributed by atoms with E-state index in [0.717, 1.165) is 18.7 Å². The van der Waals surface area contributed by atoms with E-state index in [4.69, 9.17) is 9.63 Å². The molecule has 0 spiro atoms. The SMILES string of the molecule is CCC(CC)N(CCO)Cc1nc(C(C)C)no1. The fourth-order valence-corrected chi connectivity index (χ4v) is 2.06. The van der Waals surface area contributed by atoms with Crippen LogP contribution in [0.4, 0.5) is 0 Å². The van der Waals surface area contributed by atoms with Crippen molar-refractivity contribution in [3.05, 3.63) is 11.7 Å². The largest absolute Gasteiger partial charge is 0.395 e. The minimum absolute atomic E-state index is 0.154. The molecule has 0 bridgehead atoms. The molecule has 1 aromatic rings. The molecule has 1 aromatic heterocycles. The molecule has 1 heterocycles. The minimum atomic E-state index is 0.154. The molecule has 0 fully saturated rings. The molecule has 0 unspecified atom stereocenters. The summed E-state index contributed by atoms with van der Waals surface area (Å²) in [7, 11) is 0. The van der Waals surface area contributed by atoms with Crippen LogP contribution in [0.3, 0.4) is 0 Å². The van der Waals surface area contributed by atoms with Gasteiger partial charge in [0.1, 0.15) is 0 Å². The zero-order valence-electron chi connectivity index (χ0n) is 11.9. The lowest BCUT2D eigenvalue weighted by atomic mass is 10.1.